The number of fused-ring (bicyclic) bond motifs is 3. The quantitative estimate of drug-likeness (QED) is 0.654. The van der Waals surface area contributed by atoms with Gasteiger partial charge < -0.3 is 5.32 Å². The van der Waals surface area contributed by atoms with Crippen molar-refractivity contribution in [1.29, 1.82) is 0 Å². The average molecular weight is 424 g/mol. The van der Waals surface area contributed by atoms with Gasteiger partial charge in [0, 0.05) is 10.6 Å². The van der Waals surface area contributed by atoms with Crippen LogP contribution in [-0.2, 0) is 24.2 Å². The predicted molar refractivity (Wildman–Crippen MR) is 123 cm³/mol. The van der Waals surface area contributed by atoms with Crippen LogP contribution < -0.4 is 10.9 Å². The Morgan fingerprint density at radius 1 is 1.30 bits per heavy atom. The molecule has 2 heterocycles. The Balaban J connectivity index is 1.60. The number of rotatable bonds is 3. The van der Waals surface area contributed by atoms with Gasteiger partial charge in [0.2, 0.25) is 5.91 Å². The molecular weight excluding hydrogens is 394 g/mol. The number of nitrogens with one attached hydrogen (secondary N) is 1. The molecule has 30 heavy (non-hydrogen) atoms. The summed E-state index contributed by atoms with van der Waals surface area (Å²) < 4.78 is 1.43. The molecule has 0 saturated heterocycles. The van der Waals surface area contributed by atoms with Gasteiger partial charge in [-0.05, 0) is 61.6 Å². The smallest absolute Gasteiger partial charge is 0.262 e. The van der Waals surface area contributed by atoms with Crippen LogP contribution in [-0.4, -0.2) is 15.5 Å². The number of anilines is 1. The van der Waals surface area contributed by atoms with Gasteiger partial charge in [0.05, 0.1) is 11.7 Å². The maximum Gasteiger partial charge on any atom is 0.262 e. The number of amides is 1. The van der Waals surface area contributed by atoms with Crippen LogP contribution in [0.3, 0.4) is 0 Å². The maximum atomic E-state index is 13.2. The van der Waals surface area contributed by atoms with Crippen LogP contribution in [0.25, 0.3) is 10.2 Å². The standard InChI is InChI=1S/C24H29N3O2S/c1-14-6-9-18(15(2)10-14)26-20(28)12-27-13-25-22-21(23(27)29)17-8-7-16(24(3,4)5)11-19(17)30-22/h6,9-10,13,16H,7-8,11-12H2,1-5H3,(H,26,28). The van der Waals surface area contributed by atoms with Crippen molar-refractivity contribution in [3.63, 3.8) is 0 Å². The topological polar surface area (TPSA) is 64.0 Å². The minimum Gasteiger partial charge on any atom is -0.324 e. The van der Waals surface area contributed by atoms with Crippen LogP contribution in [0.5, 0.6) is 0 Å². The first kappa shape index (κ1) is 20.8. The monoisotopic (exact) mass is 423 g/mol. The number of aromatic nitrogens is 2. The molecule has 1 N–H and O–H groups in total. The summed E-state index contributed by atoms with van der Waals surface area (Å²) in [5, 5.41) is 3.63. The van der Waals surface area contributed by atoms with E-state index in [0.717, 1.165) is 46.5 Å². The summed E-state index contributed by atoms with van der Waals surface area (Å²) in [5.74, 6) is 0.394. The molecule has 0 bridgehead atoms. The first-order valence-corrected chi connectivity index (χ1v) is 11.3. The van der Waals surface area contributed by atoms with Crippen molar-refractivity contribution in [3.05, 3.63) is 56.4 Å². The number of hydrogen-bond acceptors (Lipinski definition) is 4. The summed E-state index contributed by atoms with van der Waals surface area (Å²) >= 11 is 1.64. The van der Waals surface area contributed by atoms with Crippen molar-refractivity contribution in [2.45, 2.75) is 60.4 Å². The lowest BCUT2D eigenvalue weighted by atomic mass is 9.72. The van der Waals surface area contributed by atoms with Crippen LogP contribution in [0.15, 0.2) is 29.3 Å². The largest absolute Gasteiger partial charge is 0.324 e. The molecule has 1 aliphatic carbocycles. The SMILES string of the molecule is Cc1ccc(NC(=O)Cn2cnc3sc4c(c3c2=O)CCC(C(C)(C)C)C4)c(C)c1. The van der Waals surface area contributed by atoms with Crippen molar-refractivity contribution < 1.29 is 4.79 Å². The molecule has 1 aromatic carbocycles. The van der Waals surface area contributed by atoms with E-state index in [2.05, 4.69) is 31.1 Å². The third kappa shape index (κ3) is 3.93. The second-order valence-corrected chi connectivity index (χ2v) is 10.6. The maximum absolute atomic E-state index is 13.2. The van der Waals surface area contributed by atoms with Gasteiger partial charge in [-0.1, -0.05) is 38.5 Å². The van der Waals surface area contributed by atoms with Gasteiger partial charge in [-0.2, -0.15) is 0 Å². The van der Waals surface area contributed by atoms with E-state index in [0.29, 0.717) is 11.3 Å². The van der Waals surface area contributed by atoms with E-state index in [9.17, 15) is 9.59 Å². The fraction of sp³-hybridized carbons (Fsp3) is 0.458. The Hall–Kier alpha value is -2.47. The van der Waals surface area contributed by atoms with Gasteiger partial charge >= 0.3 is 0 Å². The first-order valence-electron chi connectivity index (χ1n) is 10.5. The Kier molecular flexibility index (Phi) is 5.30. The Labute approximate surface area is 181 Å². The molecule has 1 aliphatic rings. The van der Waals surface area contributed by atoms with E-state index >= 15 is 0 Å². The number of nitrogens with zero attached hydrogens (tertiary/aromatic N) is 2. The highest BCUT2D eigenvalue weighted by Gasteiger charge is 2.31. The van der Waals surface area contributed by atoms with Gasteiger partial charge in [-0.25, -0.2) is 4.98 Å². The summed E-state index contributed by atoms with van der Waals surface area (Å²) in [6, 6.07) is 5.89. The van der Waals surface area contributed by atoms with Crippen molar-refractivity contribution in [3.8, 4) is 0 Å². The van der Waals surface area contributed by atoms with E-state index in [1.54, 1.807) is 11.3 Å². The molecule has 4 rings (SSSR count). The number of aryl methyl sites for hydroxylation is 3. The van der Waals surface area contributed by atoms with Crippen molar-refractivity contribution in [2.24, 2.45) is 11.3 Å². The molecular formula is C24H29N3O2S. The summed E-state index contributed by atoms with van der Waals surface area (Å²) in [4.78, 5) is 32.4. The molecule has 6 heteroatoms. The Bertz CT molecular complexity index is 1180. The zero-order chi connectivity index (χ0) is 21.6. The van der Waals surface area contributed by atoms with Crippen molar-refractivity contribution in [2.75, 3.05) is 5.32 Å². The molecule has 0 spiro atoms. The first-order chi connectivity index (χ1) is 14.1. The number of benzene rings is 1. The molecule has 3 aromatic rings. The van der Waals surface area contributed by atoms with E-state index in [-0.39, 0.29) is 23.4 Å². The Morgan fingerprint density at radius 3 is 2.77 bits per heavy atom. The van der Waals surface area contributed by atoms with Crippen LogP contribution >= 0.6 is 11.3 Å². The van der Waals surface area contributed by atoms with Crippen LogP contribution in [0.1, 0.15) is 48.8 Å². The molecule has 5 nitrogen and oxygen atoms in total. The third-order valence-corrected chi connectivity index (χ3v) is 7.39. The highest BCUT2D eigenvalue weighted by atomic mass is 32.1. The summed E-state index contributed by atoms with van der Waals surface area (Å²) in [6.45, 7) is 10.8. The molecule has 1 amide bonds. The van der Waals surface area contributed by atoms with Crippen molar-refractivity contribution >= 4 is 33.1 Å². The van der Waals surface area contributed by atoms with Gasteiger partial charge in [-0.3, -0.25) is 14.2 Å². The van der Waals surface area contributed by atoms with Gasteiger partial charge in [0.1, 0.15) is 11.4 Å². The third-order valence-electron chi connectivity index (χ3n) is 6.23. The lowest BCUT2D eigenvalue weighted by Gasteiger charge is -2.33. The lowest BCUT2D eigenvalue weighted by Crippen LogP contribution is -2.29. The highest BCUT2D eigenvalue weighted by molar-refractivity contribution is 7.18. The molecule has 0 saturated carbocycles. The highest BCUT2D eigenvalue weighted by Crippen LogP contribution is 2.41. The van der Waals surface area contributed by atoms with E-state index in [1.165, 1.54) is 15.8 Å². The molecule has 0 radical (unpaired) electrons. The number of carbonyl (C=O) groups is 1. The normalized spacial score (nSPS) is 16.5. The molecule has 1 atom stereocenters. The molecule has 158 valence electrons. The van der Waals surface area contributed by atoms with Crippen LogP contribution in [0.2, 0.25) is 0 Å². The molecule has 0 fully saturated rings. The summed E-state index contributed by atoms with van der Waals surface area (Å²) in [5.41, 5.74) is 4.22. The van der Waals surface area contributed by atoms with E-state index in [1.807, 2.05) is 32.0 Å². The number of thiophene rings is 1. The van der Waals surface area contributed by atoms with Crippen LogP contribution in [0.4, 0.5) is 5.69 Å². The lowest BCUT2D eigenvalue weighted by molar-refractivity contribution is -0.116. The molecule has 1 unspecified atom stereocenters. The van der Waals surface area contributed by atoms with E-state index < -0.39 is 0 Å². The van der Waals surface area contributed by atoms with Gasteiger partial charge in [0.25, 0.3) is 5.56 Å². The fourth-order valence-electron chi connectivity index (χ4n) is 4.35. The average Bonchev–Trinajstić information content (AvgIpc) is 3.04. The van der Waals surface area contributed by atoms with E-state index in [4.69, 9.17) is 0 Å². The summed E-state index contributed by atoms with van der Waals surface area (Å²) in [6.07, 6.45) is 4.51. The second kappa shape index (κ2) is 7.65. The van der Waals surface area contributed by atoms with Crippen molar-refractivity contribution in [1.82, 2.24) is 9.55 Å². The zero-order valence-corrected chi connectivity index (χ0v) is 19.2. The molecule has 2 aromatic heterocycles. The Morgan fingerprint density at radius 2 is 2.07 bits per heavy atom. The minimum atomic E-state index is -0.220. The fourth-order valence-corrected chi connectivity index (χ4v) is 5.61. The van der Waals surface area contributed by atoms with Crippen LogP contribution in [0, 0.1) is 25.2 Å². The number of hydrogen-bond donors (Lipinski definition) is 1. The second-order valence-electron chi connectivity index (χ2n) is 9.53. The zero-order valence-electron chi connectivity index (χ0n) is 18.3. The van der Waals surface area contributed by atoms with Gasteiger partial charge in [-0.15, -0.1) is 11.3 Å². The van der Waals surface area contributed by atoms with Gasteiger partial charge in [0.15, 0.2) is 0 Å². The number of carbonyl (C=O) groups excluding carboxylic acids is 1. The molecule has 0 aliphatic heterocycles. The summed E-state index contributed by atoms with van der Waals surface area (Å²) in [7, 11) is 0. The minimum absolute atomic E-state index is 0.0374. The predicted octanol–water partition coefficient (Wildman–Crippen LogP) is 4.86.